The molecule has 7 heteroatoms. The Bertz CT molecular complexity index is 1630. The highest BCUT2D eigenvalue weighted by molar-refractivity contribution is 6.74. The first-order chi connectivity index (χ1) is 22.4. The molecule has 0 saturated carbocycles. The molecule has 0 radical (unpaired) electrons. The van der Waals surface area contributed by atoms with Crippen LogP contribution in [0.3, 0.4) is 0 Å². The lowest BCUT2D eigenvalue weighted by molar-refractivity contribution is 0.367. The number of benzene rings is 2. The van der Waals surface area contributed by atoms with Crippen LogP contribution in [-0.2, 0) is 0 Å². The van der Waals surface area contributed by atoms with Gasteiger partial charge in [0.15, 0.2) is 28.7 Å². The van der Waals surface area contributed by atoms with Gasteiger partial charge in [0.05, 0.1) is 0 Å². The summed E-state index contributed by atoms with van der Waals surface area (Å²) in [6.45, 7) is 14.4. The van der Waals surface area contributed by atoms with Crippen molar-refractivity contribution in [2.45, 2.75) is 66.6 Å². The van der Waals surface area contributed by atoms with Crippen LogP contribution in [0.5, 0.6) is 34.5 Å². The summed E-state index contributed by atoms with van der Waals surface area (Å²) in [7, 11) is -2.05. The number of phenols is 5. The van der Waals surface area contributed by atoms with Crippen LogP contribution in [0.2, 0.25) is 18.1 Å². The maximum Gasteiger partial charge on any atom is 0.250 e. The Balaban J connectivity index is 1.99. The summed E-state index contributed by atoms with van der Waals surface area (Å²) in [5, 5.41) is 49.7. The standard InChI is InChI=1S/C40H50O6Si/c1-8-47(9-2,10-3)46-40-34(26-28-36(42)39(40)45)24-22-32(7)20-14-18-30(5)16-12-11-15-29(4)17-13-19-31(6)21-23-33-25-27-35(41)38(44)37(33)43/h11-28,41-45H,8-10H2,1-7H3/b12-11+,17-13+,18-14+,23-21+,24-22+,29-15+,30-16+,31-19+,32-20+. The summed E-state index contributed by atoms with van der Waals surface area (Å²) in [4.78, 5) is 0. The fraction of sp³-hybridized carbons (Fsp3) is 0.250. The summed E-state index contributed by atoms with van der Waals surface area (Å²) >= 11 is 0. The number of hydrogen-bond acceptors (Lipinski definition) is 6. The van der Waals surface area contributed by atoms with Crippen LogP contribution in [-0.4, -0.2) is 33.9 Å². The first-order valence-electron chi connectivity index (χ1n) is 15.9. The van der Waals surface area contributed by atoms with E-state index in [1.807, 2.05) is 107 Å². The fourth-order valence-electron chi connectivity index (χ4n) is 4.50. The van der Waals surface area contributed by atoms with Crippen LogP contribution in [0.1, 0.15) is 59.6 Å². The first kappa shape index (κ1) is 38.3. The Morgan fingerprint density at radius 1 is 0.532 bits per heavy atom. The minimum Gasteiger partial charge on any atom is -0.541 e. The van der Waals surface area contributed by atoms with E-state index < -0.39 is 14.1 Å². The first-order valence-corrected chi connectivity index (χ1v) is 18.4. The van der Waals surface area contributed by atoms with Gasteiger partial charge in [-0.1, -0.05) is 128 Å². The molecule has 0 heterocycles. The molecule has 6 nitrogen and oxygen atoms in total. The van der Waals surface area contributed by atoms with Crippen molar-refractivity contribution in [1.82, 2.24) is 0 Å². The molecule has 0 atom stereocenters. The van der Waals surface area contributed by atoms with E-state index in [2.05, 4.69) is 20.8 Å². The van der Waals surface area contributed by atoms with Gasteiger partial charge in [-0.3, -0.25) is 0 Å². The molecule has 0 saturated heterocycles. The Hall–Kier alpha value is -4.88. The highest BCUT2D eigenvalue weighted by Gasteiger charge is 2.32. The Morgan fingerprint density at radius 2 is 0.936 bits per heavy atom. The van der Waals surface area contributed by atoms with Crippen molar-refractivity contribution in [2.75, 3.05) is 0 Å². The van der Waals surface area contributed by atoms with Gasteiger partial charge in [0.2, 0.25) is 5.75 Å². The highest BCUT2D eigenvalue weighted by atomic mass is 28.4. The molecule has 0 unspecified atom stereocenters. The second kappa shape index (κ2) is 18.9. The van der Waals surface area contributed by atoms with Crippen molar-refractivity contribution < 1.29 is 30.0 Å². The predicted molar refractivity (Wildman–Crippen MR) is 200 cm³/mol. The molecule has 0 bridgehead atoms. The van der Waals surface area contributed by atoms with Crippen LogP contribution < -0.4 is 4.43 Å². The Kier molecular flexibility index (Phi) is 15.4. The lowest BCUT2D eigenvalue weighted by Crippen LogP contribution is -2.39. The van der Waals surface area contributed by atoms with Crippen LogP contribution in [0.15, 0.2) is 119 Å². The second-order valence-corrected chi connectivity index (χ2v) is 16.2. The topological polar surface area (TPSA) is 110 Å². The van der Waals surface area contributed by atoms with E-state index in [1.54, 1.807) is 12.1 Å². The van der Waals surface area contributed by atoms with Crippen molar-refractivity contribution in [1.29, 1.82) is 0 Å². The average molecular weight is 655 g/mol. The van der Waals surface area contributed by atoms with Crippen molar-refractivity contribution in [3.8, 4) is 34.5 Å². The van der Waals surface area contributed by atoms with Gasteiger partial charge < -0.3 is 30.0 Å². The number of hydrogen-bond donors (Lipinski definition) is 5. The normalized spacial score (nSPS) is 14.2. The second-order valence-electron chi connectivity index (χ2n) is 11.5. The molecule has 0 aliphatic rings. The molecule has 5 N–H and O–H groups in total. The quantitative estimate of drug-likeness (QED) is 0.0742. The third-order valence-corrected chi connectivity index (χ3v) is 12.4. The maximum absolute atomic E-state index is 10.6. The monoisotopic (exact) mass is 654 g/mol. The van der Waals surface area contributed by atoms with Gasteiger partial charge >= 0.3 is 0 Å². The van der Waals surface area contributed by atoms with Gasteiger partial charge in [-0.15, -0.1) is 0 Å². The zero-order valence-corrected chi connectivity index (χ0v) is 29.7. The molecule has 2 aromatic rings. The minimum absolute atomic E-state index is 0.178. The van der Waals surface area contributed by atoms with Crippen LogP contribution >= 0.6 is 0 Å². The zero-order chi connectivity index (χ0) is 35.0. The van der Waals surface area contributed by atoms with E-state index >= 15 is 0 Å². The van der Waals surface area contributed by atoms with Crippen molar-refractivity contribution >= 4 is 20.5 Å². The zero-order valence-electron chi connectivity index (χ0n) is 28.7. The van der Waals surface area contributed by atoms with Crippen molar-refractivity contribution in [3.05, 3.63) is 131 Å². The average Bonchev–Trinajstić information content (AvgIpc) is 3.05. The largest absolute Gasteiger partial charge is 0.541 e. The molecule has 0 aliphatic carbocycles. The molecule has 2 rings (SSSR count). The lowest BCUT2D eigenvalue weighted by Gasteiger charge is -2.30. The van der Waals surface area contributed by atoms with Gasteiger partial charge in [-0.25, -0.2) is 0 Å². The summed E-state index contributed by atoms with van der Waals surface area (Å²) < 4.78 is 6.46. The SMILES string of the molecule is CC[Si](CC)(CC)Oc1c(/C=C/C(C)=C/C=C/C(C)=C/C=C/C=C(C)/C=C/C=C(C)/C=C/c2ccc(O)c(O)c2O)ccc(O)c1O. The van der Waals surface area contributed by atoms with Crippen molar-refractivity contribution in [3.63, 3.8) is 0 Å². The van der Waals surface area contributed by atoms with E-state index in [1.165, 1.54) is 18.2 Å². The van der Waals surface area contributed by atoms with Crippen LogP contribution in [0.25, 0.3) is 12.2 Å². The highest BCUT2D eigenvalue weighted by Crippen LogP contribution is 2.42. The van der Waals surface area contributed by atoms with Gasteiger partial charge in [-0.2, -0.15) is 0 Å². The molecular formula is C40H50O6Si. The summed E-state index contributed by atoms with van der Waals surface area (Å²) in [6.07, 6.45) is 27.3. The van der Waals surface area contributed by atoms with Gasteiger partial charge in [0.1, 0.15) is 0 Å². The van der Waals surface area contributed by atoms with E-state index in [-0.39, 0.29) is 23.0 Å². The minimum atomic E-state index is -2.05. The summed E-state index contributed by atoms with van der Waals surface area (Å²) in [5.41, 5.74) is 5.29. The number of phenolic OH excluding ortho intramolecular Hbond substituents is 5. The molecule has 250 valence electrons. The predicted octanol–water partition coefficient (Wildman–Crippen LogP) is 10.8. The fourth-order valence-corrected chi connectivity index (χ4v) is 7.08. The molecule has 0 amide bonds. The van der Waals surface area contributed by atoms with Gasteiger partial charge in [0, 0.05) is 11.1 Å². The summed E-state index contributed by atoms with van der Waals surface area (Å²) in [5.74, 6) is -1.27. The lowest BCUT2D eigenvalue weighted by atomic mass is 10.1. The number of rotatable bonds is 15. The molecule has 0 spiro atoms. The molecule has 0 aromatic heterocycles. The molecule has 0 aliphatic heterocycles. The summed E-state index contributed by atoms with van der Waals surface area (Å²) in [6, 6.07) is 8.91. The third kappa shape index (κ3) is 12.1. The number of aromatic hydroxyl groups is 5. The van der Waals surface area contributed by atoms with Gasteiger partial charge in [-0.05, 0) is 70.1 Å². The van der Waals surface area contributed by atoms with E-state index in [4.69, 9.17) is 4.43 Å². The van der Waals surface area contributed by atoms with Crippen LogP contribution in [0, 0.1) is 0 Å². The molecular weight excluding hydrogens is 605 g/mol. The Labute approximate surface area is 281 Å². The maximum atomic E-state index is 10.6. The smallest absolute Gasteiger partial charge is 0.250 e. The molecule has 0 fully saturated rings. The van der Waals surface area contributed by atoms with E-state index in [0.29, 0.717) is 11.3 Å². The number of allylic oxidation sites excluding steroid dienone is 16. The van der Waals surface area contributed by atoms with Crippen LogP contribution in [0.4, 0.5) is 0 Å². The van der Waals surface area contributed by atoms with E-state index in [0.717, 1.165) is 46.0 Å². The van der Waals surface area contributed by atoms with E-state index in [9.17, 15) is 25.5 Å². The Morgan fingerprint density at radius 3 is 1.43 bits per heavy atom. The molecule has 47 heavy (non-hydrogen) atoms. The van der Waals surface area contributed by atoms with Gasteiger partial charge in [0.25, 0.3) is 8.32 Å². The molecule has 2 aromatic carbocycles. The van der Waals surface area contributed by atoms with Crippen molar-refractivity contribution in [2.24, 2.45) is 0 Å². The third-order valence-electron chi connectivity index (χ3n) is 7.87.